The van der Waals surface area contributed by atoms with Crippen LogP contribution in [0.15, 0.2) is 42.5 Å². The molecule has 1 N–H and O–H groups in total. The molecule has 2 aromatic rings. The van der Waals surface area contributed by atoms with Gasteiger partial charge >= 0.3 is 5.97 Å². The monoisotopic (exact) mass is 272 g/mol. The number of benzene rings is 1. The minimum Gasteiger partial charge on any atom is -0.486 e. The molecule has 0 aliphatic heterocycles. The van der Waals surface area contributed by atoms with Gasteiger partial charge in [0.15, 0.2) is 11.4 Å². The van der Waals surface area contributed by atoms with E-state index < -0.39 is 5.97 Å². The molecule has 5 nitrogen and oxygen atoms in total. The van der Waals surface area contributed by atoms with Crippen LogP contribution in [0.5, 0.6) is 5.75 Å². The first-order valence-corrected chi connectivity index (χ1v) is 6.16. The molecule has 20 heavy (non-hydrogen) atoms. The summed E-state index contributed by atoms with van der Waals surface area (Å²) < 4.78 is 5.56. The maximum absolute atomic E-state index is 11.2. The van der Waals surface area contributed by atoms with Crippen molar-refractivity contribution in [2.75, 3.05) is 19.0 Å². The standard InChI is InChI=1S/C15H16N2O3/c1-17(2)13-9-8-12(14(16-13)15(18)19)20-10-11-6-4-3-5-7-11/h3-9H,10H2,1-2H3,(H,18,19). The van der Waals surface area contributed by atoms with Gasteiger partial charge in [-0.1, -0.05) is 30.3 Å². The molecular formula is C15H16N2O3. The Morgan fingerprint density at radius 3 is 2.50 bits per heavy atom. The number of anilines is 1. The van der Waals surface area contributed by atoms with Crippen molar-refractivity contribution in [1.29, 1.82) is 0 Å². The predicted molar refractivity (Wildman–Crippen MR) is 76.3 cm³/mol. The minimum absolute atomic E-state index is 0.0767. The number of hydrogen-bond donors (Lipinski definition) is 1. The number of hydrogen-bond acceptors (Lipinski definition) is 4. The summed E-state index contributed by atoms with van der Waals surface area (Å²) >= 11 is 0. The van der Waals surface area contributed by atoms with Crippen LogP contribution in [0.2, 0.25) is 0 Å². The molecule has 0 saturated carbocycles. The van der Waals surface area contributed by atoms with Gasteiger partial charge in [0.05, 0.1) is 0 Å². The average Bonchev–Trinajstić information content (AvgIpc) is 2.45. The smallest absolute Gasteiger partial charge is 0.358 e. The molecule has 0 spiro atoms. The molecule has 0 aliphatic rings. The summed E-state index contributed by atoms with van der Waals surface area (Å²) in [5.74, 6) is -0.252. The number of nitrogens with zero attached hydrogens (tertiary/aromatic N) is 2. The fourth-order valence-electron chi connectivity index (χ4n) is 1.69. The van der Waals surface area contributed by atoms with Crippen molar-refractivity contribution in [1.82, 2.24) is 4.98 Å². The van der Waals surface area contributed by atoms with Gasteiger partial charge < -0.3 is 14.7 Å². The number of carboxylic acid groups (broad SMARTS) is 1. The van der Waals surface area contributed by atoms with Gasteiger partial charge in [0.1, 0.15) is 12.4 Å². The normalized spacial score (nSPS) is 10.1. The fraction of sp³-hybridized carbons (Fsp3) is 0.200. The molecule has 0 fully saturated rings. The summed E-state index contributed by atoms with van der Waals surface area (Å²) in [6.45, 7) is 0.310. The quantitative estimate of drug-likeness (QED) is 0.905. The molecule has 0 saturated heterocycles. The summed E-state index contributed by atoms with van der Waals surface area (Å²) in [5, 5.41) is 9.21. The highest BCUT2D eigenvalue weighted by molar-refractivity contribution is 5.89. The van der Waals surface area contributed by atoms with E-state index in [9.17, 15) is 9.90 Å². The fourth-order valence-corrected chi connectivity index (χ4v) is 1.69. The molecule has 1 aromatic carbocycles. The maximum atomic E-state index is 11.2. The SMILES string of the molecule is CN(C)c1ccc(OCc2ccccc2)c(C(=O)O)n1. The van der Waals surface area contributed by atoms with E-state index in [1.54, 1.807) is 31.1 Å². The summed E-state index contributed by atoms with van der Waals surface area (Å²) in [7, 11) is 3.61. The molecule has 104 valence electrons. The highest BCUT2D eigenvalue weighted by Crippen LogP contribution is 2.21. The minimum atomic E-state index is -1.10. The van der Waals surface area contributed by atoms with Gasteiger partial charge in [-0.2, -0.15) is 0 Å². The molecule has 0 aliphatic carbocycles. The lowest BCUT2D eigenvalue weighted by Crippen LogP contribution is -2.14. The maximum Gasteiger partial charge on any atom is 0.358 e. The molecule has 1 heterocycles. The molecule has 5 heteroatoms. The zero-order valence-corrected chi connectivity index (χ0v) is 11.4. The number of pyridine rings is 1. The lowest BCUT2D eigenvalue weighted by atomic mass is 10.2. The highest BCUT2D eigenvalue weighted by atomic mass is 16.5. The predicted octanol–water partition coefficient (Wildman–Crippen LogP) is 2.42. The third-order valence-electron chi connectivity index (χ3n) is 2.74. The van der Waals surface area contributed by atoms with Crippen molar-refractivity contribution in [3.63, 3.8) is 0 Å². The van der Waals surface area contributed by atoms with Gasteiger partial charge in [-0.25, -0.2) is 9.78 Å². The molecule has 0 radical (unpaired) electrons. The molecule has 0 unspecified atom stereocenters. The number of ether oxygens (including phenoxy) is 1. The Hall–Kier alpha value is -2.56. The van der Waals surface area contributed by atoms with E-state index in [0.29, 0.717) is 12.4 Å². The number of carboxylic acids is 1. The number of aromatic nitrogens is 1. The number of aromatic carboxylic acids is 1. The Labute approximate surface area is 117 Å². The van der Waals surface area contributed by atoms with Crippen LogP contribution in [0, 0.1) is 0 Å². The van der Waals surface area contributed by atoms with E-state index in [0.717, 1.165) is 5.56 Å². The Balaban J connectivity index is 2.21. The topological polar surface area (TPSA) is 62.7 Å². The number of carbonyl (C=O) groups is 1. The first-order chi connectivity index (χ1) is 9.58. The van der Waals surface area contributed by atoms with Gasteiger partial charge in [0.25, 0.3) is 0 Å². The van der Waals surface area contributed by atoms with Crippen molar-refractivity contribution < 1.29 is 14.6 Å². The van der Waals surface area contributed by atoms with Crippen LogP contribution < -0.4 is 9.64 Å². The Kier molecular flexibility index (Phi) is 4.20. The van der Waals surface area contributed by atoms with E-state index in [2.05, 4.69) is 4.98 Å². The molecule has 0 amide bonds. The van der Waals surface area contributed by atoms with E-state index in [1.807, 2.05) is 30.3 Å². The van der Waals surface area contributed by atoms with Gasteiger partial charge in [-0.3, -0.25) is 0 Å². The summed E-state index contributed by atoms with van der Waals surface area (Å²) in [5.41, 5.74) is 0.896. The van der Waals surface area contributed by atoms with Gasteiger partial charge in [0, 0.05) is 14.1 Å². The van der Waals surface area contributed by atoms with Crippen molar-refractivity contribution in [2.24, 2.45) is 0 Å². The third kappa shape index (κ3) is 3.26. The van der Waals surface area contributed by atoms with Crippen molar-refractivity contribution >= 4 is 11.8 Å². The van der Waals surface area contributed by atoms with Crippen LogP contribution in [-0.4, -0.2) is 30.2 Å². The van der Waals surface area contributed by atoms with Crippen molar-refractivity contribution in [3.05, 3.63) is 53.7 Å². The summed E-state index contributed by atoms with van der Waals surface area (Å²) in [4.78, 5) is 17.1. The van der Waals surface area contributed by atoms with Crippen LogP contribution in [0.25, 0.3) is 0 Å². The zero-order valence-electron chi connectivity index (χ0n) is 11.4. The van der Waals surface area contributed by atoms with Crippen LogP contribution in [-0.2, 0) is 6.61 Å². The second-order valence-corrected chi connectivity index (χ2v) is 4.49. The van der Waals surface area contributed by atoms with Crippen LogP contribution >= 0.6 is 0 Å². The van der Waals surface area contributed by atoms with Gasteiger partial charge in [-0.05, 0) is 17.7 Å². The Morgan fingerprint density at radius 1 is 1.20 bits per heavy atom. The Morgan fingerprint density at radius 2 is 1.90 bits per heavy atom. The highest BCUT2D eigenvalue weighted by Gasteiger charge is 2.15. The van der Waals surface area contributed by atoms with Crippen LogP contribution in [0.3, 0.4) is 0 Å². The Bertz CT molecular complexity index is 597. The van der Waals surface area contributed by atoms with Gasteiger partial charge in [0.2, 0.25) is 0 Å². The third-order valence-corrected chi connectivity index (χ3v) is 2.74. The molecule has 1 aromatic heterocycles. The van der Waals surface area contributed by atoms with E-state index in [-0.39, 0.29) is 11.4 Å². The lowest BCUT2D eigenvalue weighted by molar-refractivity contribution is 0.0685. The molecule has 0 bridgehead atoms. The second-order valence-electron chi connectivity index (χ2n) is 4.49. The lowest BCUT2D eigenvalue weighted by Gasteiger charge is -2.14. The van der Waals surface area contributed by atoms with E-state index in [1.165, 1.54) is 0 Å². The molecule has 2 rings (SSSR count). The summed E-state index contributed by atoms with van der Waals surface area (Å²) in [6, 6.07) is 12.9. The second kappa shape index (κ2) is 6.06. The van der Waals surface area contributed by atoms with Crippen molar-refractivity contribution in [2.45, 2.75) is 6.61 Å². The number of rotatable bonds is 5. The molecule has 0 atom stereocenters. The van der Waals surface area contributed by atoms with E-state index >= 15 is 0 Å². The summed E-state index contributed by atoms with van der Waals surface area (Å²) in [6.07, 6.45) is 0. The zero-order chi connectivity index (χ0) is 14.5. The van der Waals surface area contributed by atoms with Crippen LogP contribution in [0.4, 0.5) is 5.82 Å². The average molecular weight is 272 g/mol. The molecular weight excluding hydrogens is 256 g/mol. The largest absolute Gasteiger partial charge is 0.486 e. The van der Waals surface area contributed by atoms with Crippen LogP contribution in [0.1, 0.15) is 16.1 Å². The first-order valence-electron chi connectivity index (χ1n) is 6.16. The van der Waals surface area contributed by atoms with Crippen molar-refractivity contribution in [3.8, 4) is 5.75 Å². The first kappa shape index (κ1) is 13.9. The van der Waals surface area contributed by atoms with Gasteiger partial charge in [-0.15, -0.1) is 0 Å². The van der Waals surface area contributed by atoms with E-state index in [4.69, 9.17) is 4.74 Å².